The minimum atomic E-state index is -0.549. The molecule has 0 radical (unpaired) electrons. The van der Waals surface area contributed by atoms with Crippen LogP contribution in [0.2, 0.25) is 5.02 Å². The molecular weight excluding hydrogens is 397 g/mol. The van der Waals surface area contributed by atoms with Gasteiger partial charge < -0.3 is 19.9 Å². The molecule has 0 aliphatic heterocycles. The van der Waals surface area contributed by atoms with Crippen LogP contribution in [0.4, 0.5) is 15.9 Å². The summed E-state index contributed by atoms with van der Waals surface area (Å²) < 4.78 is 26.0. The predicted molar refractivity (Wildman–Crippen MR) is 110 cm³/mol. The Bertz CT molecular complexity index is 1030. The van der Waals surface area contributed by atoms with Crippen molar-refractivity contribution in [2.24, 2.45) is 0 Å². The summed E-state index contributed by atoms with van der Waals surface area (Å²) in [4.78, 5) is 8.56. The highest BCUT2D eigenvalue weighted by Gasteiger charge is 2.22. The van der Waals surface area contributed by atoms with Crippen molar-refractivity contribution in [2.75, 3.05) is 12.4 Å². The van der Waals surface area contributed by atoms with E-state index in [1.807, 2.05) is 0 Å². The molecule has 1 heterocycles. The summed E-state index contributed by atoms with van der Waals surface area (Å²) in [6.07, 6.45) is 4.10. The zero-order valence-corrected chi connectivity index (χ0v) is 16.6. The Kier molecular flexibility index (Phi) is 5.69. The Morgan fingerprint density at radius 3 is 2.69 bits per heavy atom. The summed E-state index contributed by atoms with van der Waals surface area (Å²) in [6.45, 7) is 0. The molecule has 1 aromatic heterocycles. The van der Waals surface area contributed by atoms with Crippen LogP contribution in [0.25, 0.3) is 10.9 Å². The molecule has 6 nitrogen and oxygen atoms in total. The lowest BCUT2D eigenvalue weighted by Gasteiger charge is -2.27. The van der Waals surface area contributed by atoms with Crippen LogP contribution in [0.15, 0.2) is 36.7 Å². The number of nitrogens with one attached hydrogen (secondary N) is 1. The number of aliphatic hydroxyl groups is 1. The average molecular weight is 418 g/mol. The molecule has 4 rings (SSSR count). The number of hydrogen-bond donors (Lipinski definition) is 2. The summed E-state index contributed by atoms with van der Waals surface area (Å²) in [5, 5.41) is 13.4. The second-order valence-corrected chi connectivity index (χ2v) is 7.42. The quantitative estimate of drug-likeness (QED) is 0.617. The van der Waals surface area contributed by atoms with Gasteiger partial charge in [-0.1, -0.05) is 17.7 Å². The first-order valence-electron chi connectivity index (χ1n) is 9.43. The van der Waals surface area contributed by atoms with Crippen molar-refractivity contribution in [1.82, 2.24) is 9.97 Å². The van der Waals surface area contributed by atoms with Gasteiger partial charge in [0.15, 0.2) is 17.3 Å². The Balaban J connectivity index is 1.70. The fraction of sp³-hybridized carbons (Fsp3) is 0.333. The molecule has 0 amide bonds. The molecule has 0 unspecified atom stereocenters. The van der Waals surface area contributed by atoms with Gasteiger partial charge >= 0.3 is 0 Å². The van der Waals surface area contributed by atoms with E-state index < -0.39 is 5.82 Å². The molecule has 8 heteroatoms. The van der Waals surface area contributed by atoms with Gasteiger partial charge in [0.05, 0.1) is 35.5 Å². The topological polar surface area (TPSA) is 76.5 Å². The maximum atomic E-state index is 14.3. The minimum absolute atomic E-state index is 0.00355. The third kappa shape index (κ3) is 4.21. The highest BCUT2D eigenvalue weighted by atomic mass is 35.5. The van der Waals surface area contributed by atoms with Crippen LogP contribution in [-0.4, -0.2) is 34.4 Å². The SMILES string of the molecule is COc1cc2ncnc(Nc3cccc(Cl)c3F)c2cc1O[C@H]1CC[C@@H](O)CC1. The molecule has 0 saturated heterocycles. The Hall–Kier alpha value is -2.64. The number of nitrogens with zero attached hydrogens (tertiary/aromatic N) is 2. The van der Waals surface area contributed by atoms with Crippen molar-refractivity contribution in [1.29, 1.82) is 0 Å². The molecule has 1 fully saturated rings. The number of hydrogen-bond acceptors (Lipinski definition) is 6. The van der Waals surface area contributed by atoms with E-state index in [9.17, 15) is 9.50 Å². The van der Waals surface area contributed by atoms with Crippen LogP contribution in [-0.2, 0) is 0 Å². The molecule has 0 spiro atoms. The molecule has 1 aliphatic rings. The van der Waals surface area contributed by atoms with Crippen molar-refractivity contribution >= 4 is 34.0 Å². The van der Waals surface area contributed by atoms with E-state index in [4.69, 9.17) is 21.1 Å². The Morgan fingerprint density at radius 2 is 1.93 bits per heavy atom. The number of aromatic nitrogens is 2. The number of fused-ring (bicyclic) bond motifs is 1. The van der Waals surface area contributed by atoms with Crippen molar-refractivity contribution in [3.63, 3.8) is 0 Å². The number of ether oxygens (including phenoxy) is 2. The molecule has 2 N–H and O–H groups in total. The lowest BCUT2D eigenvalue weighted by atomic mass is 9.95. The minimum Gasteiger partial charge on any atom is -0.493 e. The van der Waals surface area contributed by atoms with E-state index in [2.05, 4.69) is 15.3 Å². The predicted octanol–water partition coefficient (Wildman–Crippen LogP) is 4.86. The van der Waals surface area contributed by atoms with Crippen molar-refractivity contribution in [3.05, 3.63) is 47.5 Å². The van der Waals surface area contributed by atoms with E-state index in [-0.39, 0.29) is 22.9 Å². The van der Waals surface area contributed by atoms with Gasteiger partial charge in [0, 0.05) is 11.5 Å². The zero-order chi connectivity index (χ0) is 20.4. The number of halogens is 2. The van der Waals surface area contributed by atoms with Crippen LogP contribution in [0.3, 0.4) is 0 Å². The summed E-state index contributed by atoms with van der Waals surface area (Å²) in [5.41, 5.74) is 0.852. The monoisotopic (exact) mass is 417 g/mol. The van der Waals surface area contributed by atoms with Gasteiger partial charge in [-0.3, -0.25) is 0 Å². The van der Waals surface area contributed by atoms with Crippen molar-refractivity contribution < 1.29 is 19.0 Å². The van der Waals surface area contributed by atoms with E-state index in [1.54, 1.807) is 31.4 Å². The fourth-order valence-electron chi connectivity index (χ4n) is 3.49. The molecule has 0 atom stereocenters. The maximum Gasteiger partial charge on any atom is 0.165 e. The van der Waals surface area contributed by atoms with E-state index >= 15 is 0 Å². The van der Waals surface area contributed by atoms with Gasteiger partial charge in [-0.15, -0.1) is 0 Å². The van der Waals surface area contributed by atoms with Crippen LogP contribution >= 0.6 is 11.6 Å². The maximum absolute atomic E-state index is 14.3. The van der Waals surface area contributed by atoms with Crippen molar-refractivity contribution in [3.8, 4) is 11.5 Å². The summed E-state index contributed by atoms with van der Waals surface area (Å²) in [7, 11) is 1.57. The van der Waals surface area contributed by atoms with Crippen LogP contribution in [0.5, 0.6) is 11.5 Å². The Morgan fingerprint density at radius 1 is 1.14 bits per heavy atom. The number of aliphatic hydroxyl groups excluding tert-OH is 1. The van der Waals surface area contributed by atoms with E-state index in [0.717, 1.165) is 12.8 Å². The van der Waals surface area contributed by atoms with Gasteiger partial charge in [-0.25, -0.2) is 14.4 Å². The highest BCUT2D eigenvalue weighted by molar-refractivity contribution is 6.31. The molecule has 1 saturated carbocycles. The van der Waals surface area contributed by atoms with E-state index in [0.29, 0.717) is 41.1 Å². The third-order valence-electron chi connectivity index (χ3n) is 5.06. The standard InChI is InChI=1S/C21H21ClFN3O3/c1-28-18-10-17-14(9-19(18)29-13-7-5-12(27)6-8-13)21(25-11-24-17)26-16-4-2-3-15(22)20(16)23/h2-4,9-13,27H,5-8H2,1H3,(H,24,25,26)/t12-,13+. The largest absolute Gasteiger partial charge is 0.493 e. The van der Waals surface area contributed by atoms with Gasteiger partial charge in [0.2, 0.25) is 0 Å². The normalized spacial score (nSPS) is 19.2. The summed E-state index contributed by atoms with van der Waals surface area (Å²) >= 11 is 5.88. The molecular formula is C21H21ClFN3O3. The van der Waals surface area contributed by atoms with Crippen LogP contribution in [0.1, 0.15) is 25.7 Å². The molecule has 0 bridgehead atoms. The van der Waals surface area contributed by atoms with Gasteiger partial charge in [-0.2, -0.15) is 0 Å². The fourth-order valence-corrected chi connectivity index (χ4v) is 3.66. The first kappa shape index (κ1) is 19.7. The Labute approximate surface area is 172 Å². The molecule has 29 heavy (non-hydrogen) atoms. The smallest absolute Gasteiger partial charge is 0.165 e. The molecule has 2 aromatic carbocycles. The van der Waals surface area contributed by atoms with Gasteiger partial charge in [0.25, 0.3) is 0 Å². The number of benzene rings is 2. The third-order valence-corrected chi connectivity index (χ3v) is 5.35. The van der Waals surface area contributed by atoms with Crippen molar-refractivity contribution in [2.45, 2.75) is 37.9 Å². The van der Waals surface area contributed by atoms with Gasteiger partial charge in [0.1, 0.15) is 12.1 Å². The number of rotatable bonds is 5. The number of anilines is 2. The average Bonchev–Trinajstić information content (AvgIpc) is 2.73. The van der Waals surface area contributed by atoms with Crippen LogP contribution in [0, 0.1) is 5.82 Å². The molecule has 1 aliphatic carbocycles. The second kappa shape index (κ2) is 8.39. The second-order valence-electron chi connectivity index (χ2n) is 7.02. The molecule has 152 valence electrons. The first-order valence-corrected chi connectivity index (χ1v) is 9.81. The van der Waals surface area contributed by atoms with E-state index in [1.165, 1.54) is 12.4 Å². The van der Waals surface area contributed by atoms with Gasteiger partial charge in [-0.05, 0) is 43.9 Å². The molecule has 3 aromatic rings. The first-order chi connectivity index (χ1) is 14.0. The lowest BCUT2D eigenvalue weighted by molar-refractivity contribution is 0.0653. The summed E-state index contributed by atoms with van der Waals surface area (Å²) in [6, 6.07) is 8.29. The lowest BCUT2D eigenvalue weighted by Crippen LogP contribution is -2.26. The van der Waals surface area contributed by atoms with Crippen LogP contribution < -0.4 is 14.8 Å². The summed E-state index contributed by atoms with van der Waals surface area (Å²) in [5.74, 6) is 1.00. The number of methoxy groups -OCH3 is 1. The zero-order valence-electron chi connectivity index (χ0n) is 15.9. The highest BCUT2D eigenvalue weighted by Crippen LogP contribution is 2.37.